The minimum absolute atomic E-state index is 0.0461. The second-order valence-electron chi connectivity index (χ2n) is 11.9. The third-order valence-corrected chi connectivity index (χ3v) is 8.81. The van der Waals surface area contributed by atoms with Crippen LogP contribution in [-0.4, -0.2) is 79.8 Å². The third-order valence-electron chi connectivity index (χ3n) is 8.81. The van der Waals surface area contributed by atoms with Crippen LogP contribution in [0.15, 0.2) is 52.9 Å². The number of nitrogens with one attached hydrogen (secondary N) is 2. The van der Waals surface area contributed by atoms with Crippen LogP contribution in [0.2, 0.25) is 0 Å². The zero-order chi connectivity index (χ0) is 35.5. The van der Waals surface area contributed by atoms with Crippen LogP contribution >= 0.6 is 0 Å². The van der Waals surface area contributed by atoms with Gasteiger partial charge < -0.3 is 48.7 Å². The minimum atomic E-state index is -0.867. The number of ether oxygens (including phenoxy) is 5. The van der Waals surface area contributed by atoms with Crippen LogP contribution in [0.4, 0.5) is 0 Å². The second kappa shape index (κ2) is 14.3. The number of hydrogen-bond donors (Lipinski definition) is 3. The molecule has 6 rings (SSSR count). The van der Waals surface area contributed by atoms with Gasteiger partial charge in [0.15, 0.2) is 34.5 Å². The van der Waals surface area contributed by atoms with Crippen molar-refractivity contribution >= 4 is 17.7 Å². The van der Waals surface area contributed by atoms with Gasteiger partial charge in [-0.25, -0.2) is 4.98 Å². The smallest absolute Gasteiger partial charge is 0.255 e. The third kappa shape index (κ3) is 6.68. The molecule has 4 aromatic rings. The molecule has 0 unspecified atom stereocenters. The maximum atomic E-state index is 13.8. The highest BCUT2D eigenvalue weighted by atomic mass is 16.5. The van der Waals surface area contributed by atoms with Crippen molar-refractivity contribution < 1.29 is 47.6 Å². The van der Waals surface area contributed by atoms with E-state index in [0.29, 0.717) is 46.6 Å². The molecule has 2 aliphatic rings. The number of benzene rings is 3. The SMILES string of the molecule is COc1ccc2cc1Oc1cc(ccc1O)CCC(=O)N1C[C@@H](NC(=O)c3ccc(OC)c(OC)c3OC)C[C@H]1C(=O)NCc1nc-2oc1C. The van der Waals surface area contributed by atoms with E-state index in [4.69, 9.17) is 28.1 Å². The van der Waals surface area contributed by atoms with Crippen molar-refractivity contribution in [3.05, 3.63) is 71.1 Å². The summed E-state index contributed by atoms with van der Waals surface area (Å²) >= 11 is 0. The predicted molar refractivity (Wildman–Crippen MR) is 179 cm³/mol. The van der Waals surface area contributed by atoms with Crippen molar-refractivity contribution in [2.45, 2.75) is 44.8 Å². The Kier molecular flexibility index (Phi) is 9.70. The number of phenols is 1. The molecule has 0 aliphatic carbocycles. The van der Waals surface area contributed by atoms with E-state index in [2.05, 4.69) is 15.6 Å². The van der Waals surface area contributed by atoms with Crippen LogP contribution in [-0.2, 0) is 22.6 Å². The van der Waals surface area contributed by atoms with Crippen molar-refractivity contribution in [1.82, 2.24) is 20.5 Å². The fourth-order valence-electron chi connectivity index (χ4n) is 6.21. The van der Waals surface area contributed by atoms with Crippen LogP contribution in [0, 0.1) is 6.92 Å². The Bertz CT molecular complexity index is 1940. The predicted octanol–water partition coefficient (Wildman–Crippen LogP) is 4.14. The summed E-state index contributed by atoms with van der Waals surface area (Å²) < 4.78 is 33.8. The molecule has 3 amide bonds. The van der Waals surface area contributed by atoms with Crippen molar-refractivity contribution in [1.29, 1.82) is 0 Å². The molecule has 1 aromatic heterocycles. The Morgan fingerprint density at radius 2 is 1.70 bits per heavy atom. The number of aryl methyl sites for hydroxylation is 2. The molecule has 14 nitrogen and oxygen atoms in total. The summed E-state index contributed by atoms with van der Waals surface area (Å²) in [5.41, 5.74) is 2.02. The van der Waals surface area contributed by atoms with E-state index in [1.807, 2.05) is 0 Å². The Morgan fingerprint density at radius 1 is 0.940 bits per heavy atom. The van der Waals surface area contributed by atoms with E-state index in [9.17, 15) is 19.5 Å². The quantitative estimate of drug-likeness (QED) is 0.266. The van der Waals surface area contributed by atoms with E-state index in [-0.39, 0.29) is 60.4 Å². The lowest BCUT2D eigenvalue weighted by Gasteiger charge is -2.24. The highest BCUT2D eigenvalue weighted by Gasteiger charge is 2.40. The van der Waals surface area contributed by atoms with Gasteiger partial charge in [0.05, 0.1) is 40.5 Å². The van der Waals surface area contributed by atoms with Gasteiger partial charge in [-0.05, 0) is 67.8 Å². The highest BCUT2D eigenvalue weighted by molar-refractivity contribution is 5.99. The number of aromatic nitrogens is 1. The van der Waals surface area contributed by atoms with Gasteiger partial charge in [-0.15, -0.1) is 0 Å². The molecule has 2 atom stereocenters. The van der Waals surface area contributed by atoms with Crippen LogP contribution in [0.25, 0.3) is 11.5 Å². The van der Waals surface area contributed by atoms with Gasteiger partial charge in [0.1, 0.15) is 17.5 Å². The first kappa shape index (κ1) is 34.0. The van der Waals surface area contributed by atoms with Gasteiger partial charge in [-0.1, -0.05) is 6.07 Å². The molecule has 1 fully saturated rings. The van der Waals surface area contributed by atoms with Gasteiger partial charge in [0, 0.05) is 24.6 Å². The van der Waals surface area contributed by atoms with Gasteiger partial charge in [-0.3, -0.25) is 14.4 Å². The van der Waals surface area contributed by atoms with E-state index in [0.717, 1.165) is 5.56 Å². The summed E-state index contributed by atoms with van der Waals surface area (Å²) in [6, 6.07) is 11.7. The fraction of sp³-hybridized carbons (Fsp3) is 0.333. The molecule has 0 radical (unpaired) electrons. The number of aromatic hydroxyl groups is 1. The lowest BCUT2D eigenvalue weighted by Crippen LogP contribution is -2.46. The van der Waals surface area contributed by atoms with Crippen LogP contribution in [0.3, 0.4) is 0 Å². The monoisotopic (exact) mass is 686 g/mol. The minimum Gasteiger partial charge on any atom is -0.504 e. The van der Waals surface area contributed by atoms with Crippen molar-refractivity contribution in [2.24, 2.45) is 0 Å². The molecular weight excluding hydrogens is 648 g/mol. The topological polar surface area (TPSA) is 171 Å². The molecule has 0 spiro atoms. The average molecular weight is 687 g/mol. The number of phenolic OH excluding ortho intramolecular Hbond substituents is 1. The standard InChI is InChI=1S/C36H38N4O10/c1-19-24-17-37-35(44)25-16-22(38-34(43)23-9-12-28(46-3)33(48-5)32(23)47-4)18-40(25)31(42)13-7-20-6-10-26(41)29(14-20)50-30-15-21(36(39-24)49-19)8-11-27(30)45-2/h6,8-12,14-15,22,25,41H,7,13,16-18H2,1-5H3,(H,37,44)(H,38,43)/t22-,25-/m0/s1. The molecule has 6 bridgehead atoms. The summed E-state index contributed by atoms with van der Waals surface area (Å²) in [6.45, 7) is 1.89. The number of oxazole rings is 1. The first-order chi connectivity index (χ1) is 24.1. The number of rotatable bonds is 6. The molecule has 3 aromatic carbocycles. The lowest BCUT2D eigenvalue weighted by atomic mass is 10.1. The molecule has 14 heteroatoms. The molecule has 2 aliphatic heterocycles. The highest BCUT2D eigenvalue weighted by Crippen LogP contribution is 2.41. The molecule has 3 N–H and O–H groups in total. The lowest BCUT2D eigenvalue weighted by molar-refractivity contribution is -0.138. The maximum absolute atomic E-state index is 13.8. The number of amides is 3. The van der Waals surface area contributed by atoms with Crippen molar-refractivity contribution in [3.63, 3.8) is 0 Å². The zero-order valence-corrected chi connectivity index (χ0v) is 28.3. The average Bonchev–Trinajstić information content (AvgIpc) is 3.72. The summed E-state index contributed by atoms with van der Waals surface area (Å²) in [6.07, 6.45) is 0.532. The number of fused-ring (bicyclic) bond motifs is 8. The number of carbonyl (C=O) groups is 3. The van der Waals surface area contributed by atoms with E-state index in [1.165, 1.54) is 39.4 Å². The molecular formula is C36H38N4O10. The Labute approximate surface area is 288 Å². The first-order valence-electron chi connectivity index (χ1n) is 16.0. The van der Waals surface area contributed by atoms with Crippen molar-refractivity contribution in [3.8, 4) is 51.7 Å². The number of hydrogen-bond acceptors (Lipinski definition) is 11. The van der Waals surface area contributed by atoms with Gasteiger partial charge in [-0.2, -0.15) is 0 Å². The molecule has 3 heterocycles. The van der Waals surface area contributed by atoms with Gasteiger partial charge in [0.2, 0.25) is 23.5 Å². The Balaban J connectivity index is 1.30. The normalized spacial score (nSPS) is 17.4. The van der Waals surface area contributed by atoms with E-state index < -0.39 is 23.9 Å². The zero-order valence-electron chi connectivity index (χ0n) is 28.3. The summed E-state index contributed by atoms with van der Waals surface area (Å²) in [5.74, 6) is 1.31. The summed E-state index contributed by atoms with van der Waals surface area (Å²) in [4.78, 5) is 47.1. The molecule has 262 valence electrons. The van der Waals surface area contributed by atoms with Gasteiger partial charge >= 0.3 is 0 Å². The Morgan fingerprint density at radius 3 is 2.44 bits per heavy atom. The number of nitrogens with zero attached hydrogens (tertiary/aromatic N) is 2. The maximum Gasteiger partial charge on any atom is 0.255 e. The van der Waals surface area contributed by atoms with E-state index in [1.54, 1.807) is 49.4 Å². The fourth-order valence-corrected chi connectivity index (χ4v) is 6.21. The molecule has 50 heavy (non-hydrogen) atoms. The molecule has 0 saturated carbocycles. The molecule has 1 saturated heterocycles. The van der Waals surface area contributed by atoms with Crippen LogP contribution in [0.1, 0.15) is 40.2 Å². The Hall–Kier alpha value is -5.92. The van der Waals surface area contributed by atoms with Crippen LogP contribution in [0.5, 0.6) is 40.2 Å². The number of carbonyl (C=O) groups excluding carboxylic acids is 3. The van der Waals surface area contributed by atoms with Crippen LogP contribution < -0.4 is 34.3 Å². The van der Waals surface area contributed by atoms with Gasteiger partial charge in [0.25, 0.3) is 5.91 Å². The summed E-state index contributed by atoms with van der Waals surface area (Å²) in [5, 5.41) is 16.5. The largest absolute Gasteiger partial charge is 0.504 e. The number of methoxy groups -OCH3 is 4. The summed E-state index contributed by atoms with van der Waals surface area (Å²) in [7, 11) is 5.86. The first-order valence-corrected chi connectivity index (χ1v) is 16.0. The van der Waals surface area contributed by atoms with Crippen molar-refractivity contribution in [2.75, 3.05) is 35.0 Å². The van der Waals surface area contributed by atoms with E-state index >= 15 is 0 Å². The second-order valence-corrected chi connectivity index (χ2v) is 11.9.